The second-order valence-electron chi connectivity index (χ2n) is 8.63. The molecule has 2 N–H and O–H groups in total. The molecular weight excluding hydrogens is 451 g/mol. The average Bonchev–Trinajstić information content (AvgIpc) is 3.28. The predicted molar refractivity (Wildman–Crippen MR) is 134 cm³/mol. The van der Waals surface area contributed by atoms with E-state index in [1.807, 2.05) is 29.2 Å². The number of aromatic nitrogens is 3. The molecule has 182 valence electrons. The van der Waals surface area contributed by atoms with Gasteiger partial charge in [-0.25, -0.2) is 13.2 Å². The van der Waals surface area contributed by atoms with E-state index in [1.165, 1.54) is 6.08 Å². The zero-order valence-electron chi connectivity index (χ0n) is 19.6. The van der Waals surface area contributed by atoms with Crippen LogP contribution in [0.5, 0.6) is 0 Å². The minimum atomic E-state index is -2.56. The van der Waals surface area contributed by atoms with E-state index in [0.717, 1.165) is 33.7 Å². The fourth-order valence-electron chi connectivity index (χ4n) is 4.08. The molecule has 0 amide bonds. The van der Waals surface area contributed by atoms with Crippen LogP contribution in [0.1, 0.15) is 31.0 Å². The highest BCUT2D eigenvalue weighted by atomic mass is 19.3. The Balaban J connectivity index is 1.55. The number of hydrogen-bond donors (Lipinski definition) is 2. The maximum atomic E-state index is 13.6. The van der Waals surface area contributed by atoms with Crippen LogP contribution in [0.15, 0.2) is 79.6 Å². The summed E-state index contributed by atoms with van der Waals surface area (Å²) in [5.74, 6) is -3.02. The molecule has 8 heteroatoms. The number of fused-ring (bicyclic) bond motifs is 1. The van der Waals surface area contributed by atoms with E-state index >= 15 is 0 Å². The molecule has 4 rings (SSSR count). The van der Waals surface area contributed by atoms with Crippen molar-refractivity contribution in [3.8, 4) is 11.1 Å². The fraction of sp³-hybridized carbons (Fsp3) is 0.259. The molecule has 5 nitrogen and oxygen atoms in total. The summed E-state index contributed by atoms with van der Waals surface area (Å²) in [7, 11) is 0. The summed E-state index contributed by atoms with van der Waals surface area (Å²) in [6.45, 7) is 10.6. The summed E-state index contributed by atoms with van der Waals surface area (Å²) < 4.78 is 40.6. The van der Waals surface area contributed by atoms with Gasteiger partial charge in [-0.1, -0.05) is 25.3 Å². The Morgan fingerprint density at radius 3 is 2.69 bits per heavy atom. The van der Waals surface area contributed by atoms with Crippen LogP contribution in [-0.4, -0.2) is 39.1 Å². The molecule has 0 spiro atoms. The van der Waals surface area contributed by atoms with Crippen molar-refractivity contribution in [2.45, 2.75) is 32.2 Å². The van der Waals surface area contributed by atoms with Gasteiger partial charge in [-0.2, -0.15) is 5.10 Å². The van der Waals surface area contributed by atoms with Crippen molar-refractivity contribution in [3.63, 3.8) is 0 Å². The number of allylic oxidation sites excluding steroid dienone is 4. The van der Waals surface area contributed by atoms with Gasteiger partial charge in [-0.15, -0.1) is 0 Å². The fourth-order valence-corrected chi connectivity index (χ4v) is 4.08. The van der Waals surface area contributed by atoms with Gasteiger partial charge in [0.2, 0.25) is 0 Å². The molecular formula is C27H28F3N5. The second kappa shape index (κ2) is 10.3. The van der Waals surface area contributed by atoms with Gasteiger partial charge < -0.3 is 5.32 Å². The largest absolute Gasteiger partial charge is 0.354 e. The van der Waals surface area contributed by atoms with Crippen LogP contribution in [0.2, 0.25) is 0 Å². The number of benzene rings is 1. The molecule has 0 unspecified atom stereocenters. The number of alkyl halides is 2. The van der Waals surface area contributed by atoms with Gasteiger partial charge in [-0.3, -0.25) is 15.0 Å². The van der Waals surface area contributed by atoms with E-state index in [4.69, 9.17) is 0 Å². The molecule has 1 fully saturated rings. The number of H-pyrrole nitrogens is 1. The Labute approximate surface area is 202 Å². The van der Waals surface area contributed by atoms with Gasteiger partial charge in [0.15, 0.2) is 0 Å². The van der Waals surface area contributed by atoms with Crippen LogP contribution in [-0.2, 0) is 6.54 Å². The quantitative estimate of drug-likeness (QED) is 0.369. The van der Waals surface area contributed by atoms with E-state index in [2.05, 4.69) is 33.7 Å². The zero-order valence-corrected chi connectivity index (χ0v) is 19.6. The number of halogens is 3. The number of pyridine rings is 1. The minimum absolute atomic E-state index is 0.108. The molecule has 0 radical (unpaired) electrons. The molecule has 2 aromatic heterocycles. The maximum absolute atomic E-state index is 13.6. The van der Waals surface area contributed by atoms with Crippen molar-refractivity contribution >= 4 is 16.6 Å². The van der Waals surface area contributed by atoms with E-state index in [1.54, 1.807) is 25.4 Å². The van der Waals surface area contributed by atoms with Crippen molar-refractivity contribution in [2.24, 2.45) is 0 Å². The first-order valence-corrected chi connectivity index (χ1v) is 11.4. The van der Waals surface area contributed by atoms with Crippen molar-refractivity contribution in [2.75, 3.05) is 13.1 Å². The standard InChI is InChI=1S/C27H28F3N5/c1-4-22(28)14-23(5-2)32-18(3)26-24-13-20(6-7-25(24)33-34-26)21-12-19(15-31-16-21)17-35-10-8-27(29,30)9-11-35/h4-7,12-16,32H,1,3,8-11,17H2,2H3,(H,33,34)/b22-14+,23-5+. The van der Waals surface area contributed by atoms with Gasteiger partial charge in [-0.05, 0) is 48.4 Å². The SMILES string of the molecule is C=C/C(F)=C\C(=C/C)NC(=C)c1n[nH]c2ccc(-c3cncc(CN4CCC(F)(F)CC4)c3)cc12. The maximum Gasteiger partial charge on any atom is 0.250 e. The first kappa shape index (κ1) is 24.5. The predicted octanol–water partition coefficient (Wildman–Crippen LogP) is 6.36. The molecule has 1 aromatic carbocycles. The van der Waals surface area contributed by atoms with Crippen LogP contribution in [0.25, 0.3) is 27.7 Å². The molecule has 0 aliphatic carbocycles. The number of nitrogens with one attached hydrogen (secondary N) is 2. The summed E-state index contributed by atoms with van der Waals surface area (Å²) in [6.07, 6.45) is 7.54. The highest BCUT2D eigenvalue weighted by Crippen LogP contribution is 2.30. The number of aromatic amines is 1. The van der Waals surface area contributed by atoms with Crippen molar-refractivity contribution in [1.82, 2.24) is 25.4 Å². The lowest BCUT2D eigenvalue weighted by molar-refractivity contribution is -0.0566. The molecule has 3 heterocycles. The topological polar surface area (TPSA) is 56.8 Å². The Morgan fingerprint density at radius 1 is 1.20 bits per heavy atom. The number of piperidine rings is 1. The third-order valence-corrected chi connectivity index (χ3v) is 6.07. The highest BCUT2D eigenvalue weighted by molar-refractivity contribution is 5.92. The average molecular weight is 480 g/mol. The Hall–Kier alpha value is -3.65. The second-order valence-corrected chi connectivity index (χ2v) is 8.63. The molecule has 0 atom stereocenters. The summed E-state index contributed by atoms with van der Waals surface area (Å²) in [5, 5.41) is 11.3. The summed E-state index contributed by atoms with van der Waals surface area (Å²) in [5.41, 5.74) is 5.33. The van der Waals surface area contributed by atoms with Gasteiger partial charge in [0, 0.05) is 61.5 Å². The van der Waals surface area contributed by atoms with E-state index in [9.17, 15) is 13.2 Å². The molecule has 3 aromatic rings. The van der Waals surface area contributed by atoms with Crippen molar-refractivity contribution in [1.29, 1.82) is 0 Å². The number of likely N-dealkylation sites (tertiary alicyclic amines) is 1. The lowest BCUT2D eigenvalue weighted by atomic mass is 10.0. The van der Waals surface area contributed by atoms with Crippen LogP contribution >= 0.6 is 0 Å². The van der Waals surface area contributed by atoms with Gasteiger partial charge in [0.05, 0.1) is 11.2 Å². The van der Waals surface area contributed by atoms with Crippen LogP contribution in [0.4, 0.5) is 13.2 Å². The minimum Gasteiger partial charge on any atom is -0.354 e. The van der Waals surface area contributed by atoms with Crippen LogP contribution in [0.3, 0.4) is 0 Å². The zero-order chi connectivity index (χ0) is 25.0. The van der Waals surface area contributed by atoms with Crippen LogP contribution < -0.4 is 5.32 Å². The summed E-state index contributed by atoms with van der Waals surface area (Å²) >= 11 is 0. The van der Waals surface area contributed by atoms with E-state index < -0.39 is 11.7 Å². The van der Waals surface area contributed by atoms with E-state index in [-0.39, 0.29) is 12.8 Å². The lowest BCUT2D eigenvalue weighted by Gasteiger charge is -2.31. The first-order valence-electron chi connectivity index (χ1n) is 11.4. The molecule has 35 heavy (non-hydrogen) atoms. The number of hydrogen-bond acceptors (Lipinski definition) is 4. The molecule has 1 aliphatic rings. The Morgan fingerprint density at radius 2 is 1.97 bits per heavy atom. The monoisotopic (exact) mass is 479 g/mol. The highest BCUT2D eigenvalue weighted by Gasteiger charge is 2.33. The number of rotatable bonds is 8. The smallest absolute Gasteiger partial charge is 0.250 e. The molecule has 0 bridgehead atoms. The van der Waals surface area contributed by atoms with Gasteiger partial charge >= 0.3 is 0 Å². The van der Waals surface area contributed by atoms with E-state index in [0.29, 0.717) is 36.7 Å². The molecule has 0 saturated carbocycles. The summed E-state index contributed by atoms with van der Waals surface area (Å²) in [6, 6.07) is 7.94. The van der Waals surface area contributed by atoms with Crippen molar-refractivity contribution < 1.29 is 13.2 Å². The third-order valence-electron chi connectivity index (χ3n) is 6.07. The molecule has 1 aliphatic heterocycles. The van der Waals surface area contributed by atoms with Gasteiger partial charge in [0.1, 0.15) is 11.5 Å². The molecule has 1 saturated heterocycles. The Bertz CT molecular complexity index is 1300. The summed E-state index contributed by atoms with van der Waals surface area (Å²) in [4.78, 5) is 6.42. The van der Waals surface area contributed by atoms with Crippen molar-refractivity contribution in [3.05, 3.63) is 90.8 Å². The third kappa shape index (κ3) is 5.89. The lowest BCUT2D eigenvalue weighted by Crippen LogP contribution is -2.38. The van der Waals surface area contributed by atoms with Crippen LogP contribution in [0, 0.1) is 0 Å². The normalized spacial score (nSPS) is 16.9. The van der Waals surface area contributed by atoms with Gasteiger partial charge in [0.25, 0.3) is 5.92 Å². The number of nitrogens with zero attached hydrogens (tertiary/aromatic N) is 3. The first-order chi connectivity index (χ1) is 16.8. The Kier molecular flexibility index (Phi) is 7.21.